The smallest absolute Gasteiger partial charge is 0.302 e. The lowest BCUT2D eigenvalue weighted by molar-refractivity contribution is -0.147. The molecule has 0 saturated heterocycles. The monoisotopic (exact) mass is 155 g/mol. The van der Waals surface area contributed by atoms with Crippen molar-refractivity contribution in [3.05, 3.63) is 0 Å². The van der Waals surface area contributed by atoms with E-state index >= 15 is 0 Å². The lowest BCUT2D eigenvalue weighted by Crippen LogP contribution is -2.22. The highest BCUT2D eigenvalue weighted by atomic mass is 16.5. The maximum absolute atomic E-state index is 10.3. The second kappa shape index (κ2) is 4.45. The first-order valence-electron chi connectivity index (χ1n) is 3.14. The maximum Gasteiger partial charge on any atom is 0.302 e. The standard InChI is InChI=1S/C7H9NO3/c1-5(11-6(2)10)7(3-8)4-9/h4-5,7H,1-2H3. The van der Waals surface area contributed by atoms with Crippen molar-refractivity contribution < 1.29 is 14.3 Å². The summed E-state index contributed by atoms with van der Waals surface area (Å²) in [4.78, 5) is 20.5. The number of hydrogen-bond donors (Lipinski definition) is 0. The van der Waals surface area contributed by atoms with E-state index in [4.69, 9.17) is 5.26 Å². The van der Waals surface area contributed by atoms with E-state index in [1.165, 1.54) is 13.8 Å². The molecule has 0 saturated carbocycles. The number of aldehydes is 1. The zero-order valence-corrected chi connectivity index (χ0v) is 6.40. The van der Waals surface area contributed by atoms with Crippen molar-refractivity contribution in [2.24, 2.45) is 5.92 Å². The van der Waals surface area contributed by atoms with E-state index in [1.807, 2.05) is 0 Å². The summed E-state index contributed by atoms with van der Waals surface area (Å²) in [7, 11) is 0. The Hall–Kier alpha value is -1.37. The lowest BCUT2D eigenvalue weighted by Gasteiger charge is -2.11. The molecule has 0 amide bonds. The van der Waals surface area contributed by atoms with Crippen molar-refractivity contribution in [2.45, 2.75) is 20.0 Å². The van der Waals surface area contributed by atoms with Crippen molar-refractivity contribution in [3.8, 4) is 6.07 Å². The van der Waals surface area contributed by atoms with Crippen molar-refractivity contribution >= 4 is 12.3 Å². The van der Waals surface area contributed by atoms with Gasteiger partial charge in [0.15, 0.2) is 0 Å². The molecule has 0 aliphatic carbocycles. The molecule has 0 aromatic rings. The van der Waals surface area contributed by atoms with Gasteiger partial charge in [0, 0.05) is 6.92 Å². The first-order chi connectivity index (χ1) is 5.11. The molecular formula is C7H9NO3. The quantitative estimate of drug-likeness (QED) is 0.433. The molecule has 0 N–H and O–H groups in total. The average Bonchev–Trinajstić information content (AvgIpc) is 1.88. The number of hydrogen-bond acceptors (Lipinski definition) is 4. The fraction of sp³-hybridized carbons (Fsp3) is 0.571. The number of nitriles is 1. The summed E-state index contributed by atoms with van der Waals surface area (Å²) in [5.74, 6) is -1.35. The van der Waals surface area contributed by atoms with Gasteiger partial charge in [-0.05, 0) is 6.92 Å². The van der Waals surface area contributed by atoms with Crippen molar-refractivity contribution in [3.63, 3.8) is 0 Å². The third-order valence-corrected chi connectivity index (χ3v) is 1.15. The minimum absolute atomic E-state index is 0.466. The predicted molar refractivity (Wildman–Crippen MR) is 36.4 cm³/mol. The Morgan fingerprint density at radius 2 is 2.27 bits per heavy atom. The SMILES string of the molecule is CC(=O)OC(C)C(C#N)C=O. The minimum atomic E-state index is -0.862. The van der Waals surface area contributed by atoms with Gasteiger partial charge in [-0.25, -0.2) is 0 Å². The fourth-order valence-electron chi connectivity index (χ4n) is 0.581. The highest BCUT2D eigenvalue weighted by Crippen LogP contribution is 2.03. The van der Waals surface area contributed by atoms with Crippen LogP contribution in [-0.4, -0.2) is 18.4 Å². The van der Waals surface area contributed by atoms with E-state index in [1.54, 1.807) is 6.07 Å². The normalized spacial score (nSPS) is 14.3. The summed E-state index contributed by atoms with van der Waals surface area (Å²) in [6, 6.07) is 1.71. The Labute approximate surface area is 64.8 Å². The topological polar surface area (TPSA) is 67.2 Å². The van der Waals surface area contributed by atoms with Crippen LogP contribution in [0.3, 0.4) is 0 Å². The first-order valence-corrected chi connectivity index (χ1v) is 3.14. The van der Waals surface area contributed by atoms with Crippen LogP contribution in [0.15, 0.2) is 0 Å². The Kier molecular flexibility index (Phi) is 3.89. The van der Waals surface area contributed by atoms with Gasteiger partial charge in [-0.3, -0.25) is 4.79 Å². The van der Waals surface area contributed by atoms with Crippen molar-refractivity contribution in [1.29, 1.82) is 5.26 Å². The molecule has 0 aromatic heterocycles. The summed E-state index contributed by atoms with van der Waals surface area (Å²) in [6.45, 7) is 2.74. The molecule has 0 radical (unpaired) electrons. The molecule has 0 bridgehead atoms. The summed E-state index contributed by atoms with van der Waals surface area (Å²) >= 11 is 0. The summed E-state index contributed by atoms with van der Waals surface area (Å²) in [6.07, 6.45) is -0.192. The van der Waals surface area contributed by atoms with Gasteiger partial charge in [0.05, 0.1) is 6.07 Å². The van der Waals surface area contributed by atoms with Crippen LogP contribution in [0.5, 0.6) is 0 Å². The van der Waals surface area contributed by atoms with Crippen LogP contribution in [0.25, 0.3) is 0 Å². The van der Waals surface area contributed by atoms with E-state index in [2.05, 4.69) is 4.74 Å². The number of carbonyl (C=O) groups is 2. The Balaban J connectivity index is 4.01. The number of ether oxygens (including phenoxy) is 1. The molecule has 11 heavy (non-hydrogen) atoms. The molecule has 0 heterocycles. The fourth-order valence-corrected chi connectivity index (χ4v) is 0.581. The third kappa shape index (κ3) is 3.36. The molecule has 2 unspecified atom stereocenters. The number of esters is 1. The molecule has 4 heteroatoms. The van der Waals surface area contributed by atoms with E-state index in [-0.39, 0.29) is 0 Å². The van der Waals surface area contributed by atoms with Gasteiger partial charge in [0.2, 0.25) is 0 Å². The maximum atomic E-state index is 10.3. The van der Waals surface area contributed by atoms with Crippen LogP contribution < -0.4 is 0 Å². The third-order valence-electron chi connectivity index (χ3n) is 1.15. The summed E-state index contributed by atoms with van der Waals surface area (Å²) in [5, 5.41) is 8.34. The van der Waals surface area contributed by atoms with Gasteiger partial charge < -0.3 is 9.53 Å². The van der Waals surface area contributed by atoms with Gasteiger partial charge in [0.25, 0.3) is 0 Å². The van der Waals surface area contributed by atoms with Gasteiger partial charge in [0.1, 0.15) is 18.3 Å². The number of carbonyl (C=O) groups excluding carboxylic acids is 2. The molecule has 0 aliphatic heterocycles. The second-order valence-electron chi connectivity index (χ2n) is 2.11. The van der Waals surface area contributed by atoms with Crippen LogP contribution in [0, 0.1) is 17.2 Å². The predicted octanol–water partition coefficient (Wildman–Crippen LogP) is 0.277. The molecular weight excluding hydrogens is 146 g/mol. The molecule has 60 valence electrons. The molecule has 0 fully saturated rings. The molecule has 0 rings (SSSR count). The average molecular weight is 155 g/mol. The van der Waals surface area contributed by atoms with Gasteiger partial charge in [-0.15, -0.1) is 0 Å². The second-order valence-corrected chi connectivity index (χ2v) is 2.11. The van der Waals surface area contributed by atoms with Crippen LogP contribution in [-0.2, 0) is 14.3 Å². The number of nitrogens with zero attached hydrogens (tertiary/aromatic N) is 1. The van der Waals surface area contributed by atoms with Crippen molar-refractivity contribution in [1.82, 2.24) is 0 Å². The highest BCUT2D eigenvalue weighted by molar-refractivity contribution is 5.67. The number of rotatable bonds is 3. The van der Waals surface area contributed by atoms with E-state index < -0.39 is 18.0 Å². The molecule has 2 atom stereocenters. The van der Waals surface area contributed by atoms with Gasteiger partial charge >= 0.3 is 5.97 Å². The molecule has 4 nitrogen and oxygen atoms in total. The van der Waals surface area contributed by atoms with E-state index in [0.717, 1.165) is 0 Å². The zero-order valence-electron chi connectivity index (χ0n) is 6.40. The van der Waals surface area contributed by atoms with Gasteiger partial charge in [-0.1, -0.05) is 0 Å². The van der Waals surface area contributed by atoms with Crippen molar-refractivity contribution in [2.75, 3.05) is 0 Å². The minimum Gasteiger partial charge on any atom is -0.461 e. The Morgan fingerprint density at radius 3 is 2.55 bits per heavy atom. The molecule has 0 aliphatic rings. The van der Waals surface area contributed by atoms with Gasteiger partial charge in [-0.2, -0.15) is 5.26 Å². The summed E-state index contributed by atoms with van der Waals surface area (Å²) < 4.78 is 4.60. The van der Waals surface area contributed by atoms with E-state index in [0.29, 0.717) is 6.29 Å². The Morgan fingerprint density at radius 1 is 1.73 bits per heavy atom. The largest absolute Gasteiger partial charge is 0.461 e. The van der Waals surface area contributed by atoms with Crippen LogP contribution >= 0.6 is 0 Å². The van der Waals surface area contributed by atoms with Crippen LogP contribution in [0.2, 0.25) is 0 Å². The van der Waals surface area contributed by atoms with Crippen LogP contribution in [0.4, 0.5) is 0 Å². The summed E-state index contributed by atoms with van der Waals surface area (Å²) in [5.41, 5.74) is 0. The highest BCUT2D eigenvalue weighted by Gasteiger charge is 2.17. The molecule has 0 spiro atoms. The van der Waals surface area contributed by atoms with Crippen LogP contribution in [0.1, 0.15) is 13.8 Å². The zero-order chi connectivity index (χ0) is 8.85. The van der Waals surface area contributed by atoms with E-state index in [9.17, 15) is 9.59 Å². The lowest BCUT2D eigenvalue weighted by atomic mass is 10.1. The first kappa shape index (κ1) is 9.63. The molecule has 0 aromatic carbocycles. The Bertz CT molecular complexity index is 194.